The van der Waals surface area contributed by atoms with E-state index in [2.05, 4.69) is 10.4 Å². The number of phenols is 1. The number of phenolic OH excluding ortho intramolecular Hbond substituents is 1. The van der Waals surface area contributed by atoms with Crippen LogP contribution >= 0.6 is 23.2 Å². The molecule has 2 N–H and O–H groups in total. The van der Waals surface area contributed by atoms with Gasteiger partial charge < -0.3 is 9.84 Å². The number of benzene rings is 3. The van der Waals surface area contributed by atoms with E-state index in [1.807, 2.05) is 6.08 Å². The number of carbonyl (C=O) groups is 4. The lowest BCUT2D eigenvalue weighted by atomic mass is 9.49. The number of para-hydroxylation sites is 1. The monoisotopic (exact) mass is 790 g/mol. The van der Waals surface area contributed by atoms with E-state index in [9.17, 15) is 32.7 Å². The van der Waals surface area contributed by atoms with Crippen molar-refractivity contribution < 1.29 is 42.2 Å². The largest absolute Gasteiger partial charge is 0.504 e. The van der Waals surface area contributed by atoms with Crippen LogP contribution in [0.1, 0.15) is 42.4 Å². The van der Waals surface area contributed by atoms with Crippen LogP contribution in [-0.2, 0) is 30.8 Å². The van der Waals surface area contributed by atoms with Crippen molar-refractivity contribution in [3.05, 3.63) is 123 Å². The van der Waals surface area contributed by atoms with Crippen molar-refractivity contribution in [2.45, 2.75) is 37.3 Å². The number of alkyl halides is 3. The molecule has 3 fully saturated rings. The number of nitrogens with one attached hydrogen (secondary N) is 1. The Morgan fingerprint density at radius 2 is 1.67 bits per heavy atom. The van der Waals surface area contributed by atoms with Gasteiger partial charge in [0, 0.05) is 17.1 Å². The second-order valence-electron chi connectivity index (χ2n) is 13.9. The molecule has 15 heteroatoms. The molecular formula is C40H31Cl2F3N4O6. The number of carbonyl (C=O) groups excluding carboxylic acids is 4. The average Bonchev–Trinajstić information content (AvgIpc) is 3.54. The Morgan fingerprint density at radius 3 is 2.35 bits per heavy atom. The molecule has 8 rings (SSSR count). The zero-order chi connectivity index (χ0) is 39.0. The van der Waals surface area contributed by atoms with E-state index in [1.54, 1.807) is 73.7 Å². The number of aromatic hydroxyl groups is 1. The Bertz CT molecular complexity index is 2290. The first-order chi connectivity index (χ1) is 26.3. The molecule has 1 saturated carbocycles. The third-order valence-electron chi connectivity index (χ3n) is 11.2. The lowest BCUT2D eigenvalue weighted by Crippen LogP contribution is -2.53. The van der Waals surface area contributed by atoms with Gasteiger partial charge >= 0.3 is 6.18 Å². The lowest BCUT2D eigenvalue weighted by molar-refractivity contribution is -0.139. The number of hydrogen-bond acceptors (Lipinski definition) is 8. The van der Waals surface area contributed by atoms with Gasteiger partial charge in [-0.05, 0) is 79.3 Å². The Balaban J connectivity index is 1.32. The number of anilines is 2. The molecule has 3 aromatic carbocycles. The van der Waals surface area contributed by atoms with Gasteiger partial charge in [-0.3, -0.25) is 29.5 Å². The van der Waals surface area contributed by atoms with Crippen LogP contribution in [0.4, 0.5) is 24.7 Å². The molecule has 4 aliphatic rings. The van der Waals surface area contributed by atoms with Crippen molar-refractivity contribution in [3.8, 4) is 11.5 Å². The number of hydrogen-bond donors (Lipinski definition) is 2. The number of allylic oxidation sites excluding steroid dienone is 2. The van der Waals surface area contributed by atoms with Crippen molar-refractivity contribution in [1.29, 1.82) is 0 Å². The third-order valence-corrected chi connectivity index (χ3v) is 11.7. The Labute approximate surface area is 322 Å². The lowest BCUT2D eigenvalue weighted by Gasteiger charge is -2.50. The summed E-state index contributed by atoms with van der Waals surface area (Å²) in [6.07, 6.45) is -2.21. The van der Waals surface area contributed by atoms with E-state index in [1.165, 1.54) is 11.0 Å². The number of nitrogens with zero attached hydrogens (tertiary/aromatic N) is 3. The number of aromatic nitrogens is 1. The number of fused-ring (bicyclic) bond motifs is 4. The van der Waals surface area contributed by atoms with Crippen LogP contribution in [0.5, 0.6) is 11.5 Å². The first-order valence-corrected chi connectivity index (χ1v) is 18.2. The van der Waals surface area contributed by atoms with Gasteiger partial charge in [0.2, 0.25) is 11.8 Å². The van der Waals surface area contributed by atoms with E-state index in [0.717, 1.165) is 5.01 Å². The Hall–Kier alpha value is -5.40. The summed E-state index contributed by atoms with van der Waals surface area (Å²) >= 11 is 12.6. The molecule has 0 spiro atoms. The molecule has 0 bridgehead atoms. The smallest absolute Gasteiger partial charge is 0.417 e. The predicted molar refractivity (Wildman–Crippen MR) is 195 cm³/mol. The van der Waals surface area contributed by atoms with Crippen LogP contribution in [0.2, 0.25) is 10.0 Å². The van der Waals surface area contributed by atoms with Crippen molar-refractivity contribution in [3.63, 3.8) is 0 Å². The van der Waals surface area contributed by atoms with Gasteiger partial charge in [0.1, 0.15) is 0 Å². The quantitative estimate of drug-likeness (QED) is 0.144. The standard InChI is InChI=1S/C40H31Cl2F3N4O6/c1-2-55-31-16-20(8-15-30(31)50)33-25-13-14-26-32(37(53)48(35(26)51)24-6-4-3-5-7-24)27(25)18-28-36(52)49(38(54)39(28,33)21-9-11-23(41)12-10-21)47-34-29(42)17-22(19-46-34)40(43,44)45/h3-13,15-17,19,26-28,32-33,50H,2,14,18H2,1H3,(H,46,47)/t26-,27+,28-,32-,33-,39+/m0/s1. The van der Waals surface area contributed by atoms with Crippen LogP contribution in [0.15, 0.2) is 96.7 Å². The molecule has 3 heterocycles. The van der Waals surface area contributed by atoms with E-state index in [-0.39, 0.29) is 42.7 Å². The van der Waals surface area contributed by atoms with Gasteiger partial charge in [-0.15, -0.1) is 0 Å². The maximum absolute atomic E-state index is 15.3. The average molecular weight is 792 g/mol. The summed E-state index contributed by atoms with van der Waals surface area (Å²) in [5.41, 5.74) is 1.68. The minimum atomic E-state index is -4.75. The molecule has 10 nitrogen and oxygen atoms in total. The van der Waals surface area contributed by atoms with Crippen molar-refractivity contribution in [1.82, 2.24) is 9.99 Å². The van der Waals surface area contributed by atoms with E-state index in [0.29, 0.717) is 39.7 Å². The van der Waals surface area contributed by atoms with Crippen LogP contribution < -0.4 is 15.1 Å². The molecule has 0 radical (unpaired) electrons. The van der Waals surface area contributed by atoms with Crippen LogP contribution in [0.25, 0.3) is 0 Å². The molecule has 4 amide bonds. The highest BCUT2D eigenvalue weighted by Gasteiger charge is 2.70. The zero-order valence-corrected chi connectivity index (χ0v) is 30.4. The first kappa shape index (κ1) is 36.6. The summed E-state index contributed by atoms with van der Waals surface area (Å²) in [4.78, 5) is 63.6. The Morgan fingerprint density at radius 1 is 0.945 bits per heavy atom. The molecule has 282 valence electrons. The number of imide groups is 2. The van der Waals surface area contributed by atoms with Crippen LogP contribution in [-0.4, -0.2) is 45.3 Å². The van der Waals surface area contributed by atoms with Gasteiger partial charge in [0.15, 0.2) is 17.3 Å². The highest BCUT2D eigenvalue weighted by atomic mass is 35.5. The van der Waals surface area contributed by atoms with Gasteiger partial charge in [-0.1, -0.05) is 71.2 Å². The molecule has 55 heavy (non-hydrogen) atoms. The SMILES string of the molecule is CCOc1cc([C@H]2C3=CC[C@@H]4C(=O)N(c5ccccc5)C(=O)[C@@H]4[C@@H]3C[C@H]3C(=O)N(Nc4ncc(C(F)(F)F)cc4Cl)C(=O)[C@@]23c2ccc(Cl)cc2)ccc1O. The molecule has 2 aliphatic heterocycles. The molecular weight excluding hydrogens is 760 g/mol. The first-order valence-electron chi connectivity index (χ1n) is 17.5. The molecule has 6 atom stereocenters. The fourth-order valence-electron chi connectivity index (χ4n) is 8.97. The second-order valence-corrected chi connectivity index (χ2v) is 14.8. The number of halogens is 5. The van der Waals surface area contributed by atoms with Crippen LogP contribution in [0, 0.1) is 23.7 Å². The number of amides is 4. The summed E-state index contributed by atoms with van der Waals surface area (Å²) < 4.78 is 46.2. The van der Waals surface area contributed by atoms with Gasteiger partial charge in [0.05, 0.1) is 46.0 Å². The maximum atomic E-state index is 15.3. The summed E-state index contributed by atoms with van der Waals surface area (Å²) in [6, 6.07) is 20.3. The number of hydrazine groups is 1. The minimum absolute atomic E-state index is 0.0406. The van der Waals surface area contributed by atoms with E-state index < -0.39 is 69.5 Å². The molecule has 2 saturated heterocycles. The fourth-order valence-corrected chi connectivity index (χ4v) is 9.31. The molecule has 4 aromatic rings. The summed E-state index contributed by atoms with van der Waals surface area (Å²) in [5, 5.41) is 11.3. The normalized spacial score (nSPS) is 26.1. The number of pyridine rings is 1. The summed E-state index contributed by atoms with van der Waals surface area (Å²) in [5.74, 6) is -7.20. The fraction of sp³-hybridized carbons (Fsp3) is 0.275. The number of ether oxygens (including phenoxy) is 1. The number of rotatable bonds is 7. The highest BCUT2D eigenvalue weighted by Crippen LogP contribution is 2.64. The molecule has 0 unspecified atom stereocenters. The van der Waals surface area contributed by atoms with Crippen molar-refractivity contribution in [2.75, 3.05) is 16.9 Å². The van der Waals surface area contributed by atoms with Gasteiger partial charge in [-0.2, -0.15) is 18.2 Å². The molecule has 1 aromatic heterocycles. The van der Waals surface area contributed by atoms with Gasteiger partial charge in [-0.25, -0.2) is 4.98 Å². The van der Waals surface area contributed by atoms with Crippen molar-refractivity contribution in [2.24, 2.45) is 23.7 Å². The predicted octanol–water partition coefficient (Wildman–Crippen LogP) is 7.70. The Kier molecular flexibility index (Phi) is 8.92. The minimum Gasteiger partial charge on any atom is -0.504 e. The maximum Gasteiger partial charge on any atom is 0.417 e. The second kappa shape index (κ2) is 13.4. The van der Waals surface area contributed by atoms with Gasteiger partial charge in [0.25, 0.3) is 11.8 Å². The van der Waals surface area contributed by atoms with Crippen LogP contribution in [0.3, 0.4) is 0 Å². The third kappa shape index (κ3) is 5.66. The van der Waals surface area contributed by atoms with Crippen molar-refractivity contribution >= 4 is 58.3 Å². The summed E-state index contributed by atoms with van der Waals surface area (Å²) in [6.45, 7) is 1.94. The zero-order valence-electron chi connectivity index (χ0n) is 28.9. The van der Waals surface area contributed by atoms with E-state index in [4.69, 9.17) is 27.9 Å². The molecule has 2 aliphatic carbocycles. The summed E-state index contributed by atoms with van der Waals surface area (Å²) in [7, 11) is 0. The highest BCUT2D eigenvalue weighted by molar-refractivity contribution is 6.33. The topological polar surface area (TPSA) is 129 Å². The van der Waals surface area contributed by atoms with E-state index >= 15 is 4.79 Å².